The van der Waals surface area contributed by atoms with Crippen LogP contribution in [0.4, 0.5) is 0 Å². The second-order valence-corrected chi connectivity index (χ2v) is 8.10. The number of carbonyl (C=O) groups is 2. The van der Waals surface area contributed by atoms with Crippen LogP contribution in [0.1, 0.15) is 30.5 Å². The molecule has 1 fully saturated rings. The molecule has 0 radical (unpaired) electrons. The van der Waals surface area contributed by atoms with E-state index in [1.165, 1.54) is 4.90 Å². The van der Waals surface area contributed by atoms with Crippen LogP contribution < -0.4 is 4.74 Å². The molecular weight excluding hydrogens is 442 g/mol. The maximum absolute atomic E-state index is 13.1. The summed E-state index contributed by atoms with van der Waals surface area (Å²) in [6, 6.07) is 13.1. The lowest BCUT2D eigenvalue weighted by molar-refractivity contribution is -0.139. The highest BCUT2D eigenvalue weighted by atomic mass is 35.5. The number of carbonyl (C=O) groups excluding carboxylic acids is 2. The van der Waals surface area contributed by atoms with Gasteiger partial charge in [0.25, 0.3) is 11.7 Å². The number of likely N-dealkylation sites (tertiary alicyclic amines) is 1. The molecule has 33 heavy (non-hydrogen) atoms. The first-order valence-electron chi connectivity index (χ1n) is 10.7. The lowest BCUT2D eigenvalue weighted by atomic mass is 9.95. The molecule has 2 heterocycles. The number of aryl methyl sites for hydroxylation is 1. The molecule has 1 N–H and O–H groups in total. The summed E-state index contributed by atoms with van der Waals surface area (Å²) in [4.78, 5) is 31.7. The number of hydrogen-bond donors (Lipinski definition) is 1. The quantitative estimate of drug-likeness (QED) is 0.302. The van der Waals surface area contributed by atoms with Gasteiger partial charge in [0.05, 0.1) is 24.5 Å². The molecule has 0 saturated carbocycles. The van der Waals surface area contributed by atoms with E-state index in [0.29, 0.717) is 48.0 Å². The minimum Gasteiger partial charge on any atom is -0.507 e. The molecule has 0 spiro atoms. The summed E-state index contributed by atoms with van der Waals surface area (Å²) in [6.45, 7) is 3.32. The van der Waals surface area contributed by atoms with Crippen molar-refractivity contribution in [1.29, 1.82) is 0 Å². The molecule has 1 amide bonds. The zero-order valence-corrected chi connectivity index (χ0v) is 18.9. The molecule has 4 rings (SSSR count). The van der Waals surface area contributed by atoms with E-state index < -0.39 is 17.7 Å². The van der Waals surface area contributed by atoms with Crippen LogP contribution in [0.2, 0.25) is 5.02 Å². The van der Waals surface area contributed by atoms with Crippen molar-refractivity contribution in [2.24, 2.45) is 0 Å². The Balaban J connectivity index is 1.73. The van der Waals surface area contributed by atoms with Crippen LogP contribution in [0.25, 0.3) is 5.76 Å². The largest absolute Gasteiger partial charge is 0.507 e. The molecular formula is C25H24ClN3O4. The summed E-state index contributed by atoms with van der Waals surface area (Å²) < 4.78 is 7.43. The van der Waals surface area contributed by atoms with E-state index in [1.54, 1.807) is 61.1 Å². The number of rotatable bonds is 8. The number of nitrogens with zero attached hydrogens (tertiary/aromatic N) is 3. The first-order valence-corrected chi connectivity index (χ1v) is 11.1. The smallest absolute Gasteiger partial charge is 0.295 e. The van der Waals surface area contributed by atoms with Crippen molar-refractivity contribution in [2.45, 2.75) is 25.9 Å². The van der Waals surface area contributed by atoms with Crippen LogP contribution in [-0.2, 0) is 16.1 Å². The number of imidazole rings is 1. The Morgan fingerprint density at radius 3 is 2.64 bits per heavy atom. The first kappa shape index (κ1) is 22.6. The van der Waals surface area contributed by atoms with Gasteiger partial charge in [0.2, 0.25) is 0 Å². The molecule has 170 valence electrons. The Hall–Kier alpha value is -3.58. The van der Waals surface area contributed by atoms with Crippen molar-refractivity contribution in [3.05, 3.63) is 89.0 Å². The fraction of sp³-hybridized carbons (Fsp3) is 0.240. The molecule has 7 nitrogen and oxygen atoms in total. The average molecular weight is 466 g/mol. The Morgan fingerprint density at radius 2 is 1.94 bits per heavy atom. The Morgan fingerprint density at radius 1 is 1.15 bits per heavy atom. The van der Waals surface area contributed by atoms with Gasteiger partial charge in [0, 0.05) is 36.1 Å². The zero-order valence-electron chi connectivity index (χ0n) is 18.1. The third kappa shape index (κ3) is 4.78. The standard InChI is InChI=1S/C25H24ClN3O4/c1-2-33-20-6-3-5-18(15-20)23(30)21-22(17-7-9-19(26)10-8-17)29(25(32)24(21)31)13-4-12-28-14-11-27-16-28/h3,5-11,14-16,22,30H,2,4,12-13H2,1H3. The van der Waals surface area contributed by atoms with Gasteiger partial charge in [-0.1, -0.05) is 35.9 Å². The molecule has 1 aliphatic heterocycles. The Labute approximate surface area is 196 Å². The minimum absolute atomic E-state index is 0.0543. The van der Waals surface area contributed by atoms with E-state index >= 15 is 0 Å². The summed E-state index contributed by atoms with van der Waals surface area (Å²) in [7, 11) is 0. The van der Waals surface area contributed by atoms with E-state index in [9.17, 15) is 14.7 Å². The predicted molar refractivity (Wildman–Crippen MR) is 125 cm³/mol. The highest BCUT2D eigenvalue weighted by molar-refractivity contribution is 6.46. The molecule has 1 atom stereocenters. The van der Waals surface area contributed by atoms with E-state index in [0.717, 1.165) is 0 Å². The lowest BCUT2D eigenvalue weighted by Gasteiger charge is -2.25. The summed E-state index contributed by atoms with van der Waals surface area (Å²) in [6.07, 6.45) is 5.86. The second-order valence-electron chi connectivity index (χ2n) is 7.66. The van der Waals surface area contributed by atoms with Gasteiger partial charge in [-0.05, 0) is 43.2 Å². The maximum Gasteiger partial charge on any atom is 0.295 e. The van der Waals surface area contributed by atoms with E-state index in [-0.39, 0.29) is 11.3 Å². The number of benzene rings is 2. The molecule has 1 aromatic heterocycles. The first-order chi connectivity index (χ1) is 16.0. The van der Waals surface area contributed by atoms with Crippen LogP contribution in [0.15, 0.2) is 72.8 Å². The maximum atomic E-state index is 13.1. The van der Waals surface area contributed by atoms with Crippen molar-refractivity contribution in [3.63, 3.8) is 0 Å². The number of amides is 1. The van der Waals surface area contributed by atoms with E-state index in [1.807, 2.05) is 17.7 Å². The van der Waals surface area contributed by atoms with Gasteiger partial charge in [-0.15, -0.1) is 0 Å². The summed E-state index contributed by atoms with van der Waals surface area (Å²) in [5, 5.41) is 11.7. The highest BCUT2D eigenvalue weighted by Crippen LogP contribution is 2.40. The summed E-state index contributed by atoms with van der Waals surface area (Å²) in [5.41, 5.74) is 1.17. The van der Waals surface area contributed by atoms with Crippen LogP contribution in [-0.4, -0.2) is 44.4 Å². The van der Waals surface area contributed by atoms with Crippen LogP contribution in [0, 0.1) is 0 Å². The molecule has 3 aromatic rings. The van der Waals surface area contributed by atoms with Crippen molar-refractivity contribution >= 4 is 29.1 Å². The second kappa shape index (κ2) is 9.92. The number of ether oxygens (including phenoxy) is 1. The lowest BCUT2D eigenvalue weighted by Crippen LogP contribution is -2.31. The third-order valence-electron chi connectivity index (χ3n) is 5.52. The summed E-state index contributed by atoms with van der Waals surface area (Å²) >= 11 is 6.06. The van der Waals surface area contributed by atoms with Crippen molar-refractivity contribution in [3.8, 4) is 5.75 Å². The van der Waals surface area contributed by atoms with Gasteiger partial charge in [-0.3, -0.25) is 9.59 Å². The Kier molecular flexibility index (Phi) is 6.79. The van der Waals surface area contributed by atoms with Crippen molar-refractivity contribution < 1.29 is 19.4 Å². The Bertz CT molecular complexity index is 1170. The topological polar surface area (TPSA) is 84.7 Å². The molecule has 2 aromatic carbocycles. The third-order valence-corrected chi connectivity index (χ3v) is 5.77. The van der Waals surface area contributed by atoms with Gasteiger partial charge < -0.3 is 19.3 Å². The van der Waals surface area contributed by atoms with Gasteiger partial charge >= 0.3 is 0 Å². The monoisotopic (exact) mass is 465 g/mol. The number of Topliss-reactive ketones (excluding diaryl/α,β-unsaturated/α-hetero) is 1. The van der Waals surface area contributed by atoms with Gasteiger partial charge in [0.15, 0.2) is 0 Å². The zero-order chi connectivity index (χ0) is 23.4. The van der Waals surface area contributed by atoms with Crippen LogP contribution in [0.3, 0.4) is 0 Å². The molecule has 1 saturated heterocycles. The average Bonchev–Trinajstić information content (AvgIpc) is 3.42. The predicted octanol–water partition coefficient (Wildman–Crippen LogP) is 4.45. The van der Waals surface area contributed by atoms with Gasteiger partial charge in [-0.2, -0.15) is 0 Å². The molecule has 8 heteroatoms. The van der Waals surface area contributed by atoms with Crippen molar-refractivity contribution in [1.82, 2.24) is 14.5 Å². The number of aliphatic hydroxyl groups excluding tert-OH is 1. The number of aliphatic hydroxyl groups is 1. The molecule has 1 aliphatic rings. The van der Waals surface area contributed by atoms with Crippen LogP contribution >= 0.6 is 11.6 Å². The number of ketones is 1. The van der Waals surface area contributed by atoms with E-state index in [4.69, 9.17) is 16.3 Å². The highest BCUT2D eigenvalue weighted by Gasteiger charge is 2.45. The van der Waals surface area contributed by atoms with E-state index in [2.05, 4.69) is 4.98 Å². The normalized spacial score (nSPS) is 17.5. The number of aromatic nitrogens is 2. The fourth-order valence-corrected chi connectivity index (χ4v) is 4.13. The fourth-order valence-electron chi connectivity index (χ4n) is 4.00. The van der Waals surface area contributed by atoms with Gasteiger partial charge in [-0.25, -0.2) is 4.98 Å². The molecule has 0 bridgehead atoms. The van der Waals surface area contributed by atoms with Gasteiger partial charge in [0.1, 0.15) is 11.5 Å². The van der Waals surface area contributed by atoms with Crippen molar-refractivity contribution in [2.75, 3.05) is 13.2 Å². The minimum atomic E-state index is -0.721. The number of halogens is 1. The number of hydrogen-bond acceptors (Lipinski definition) is 5. The summed E-state index contributed by atoms with van der Waals surface area (Å²) in [5.74, 6) is -1.01. The van der Waals surface area contributed by atoms with Crippen LogP contribution in [0.5, 0.6) is 5.75 Å². The molecule has 0 aliphatic carbocycles. The molecule has 1 unspecified atom stereocenters. The SMILES string of the molecule is CCOc1cccc(C(O)=C2C(=O)C(=O)N(CCCn3ccnc3)C2c2ccc(Cl)cc2)c1.